The van der Waals surface area contributed by atoms with E-state index in [4.69, 9.17) is 31.9 Å². The zero-order chi connectivity index (χ0) is 45.6. The molecule has 10 N–H and O–H groups in total. The lowest BCUT2D eigenvalue weighted by Crippen LogP contribution is -2.56. The van der Waals surface area contributed by atoms with Crippen LogP contribution in [0.25, 0.3) is 22.5 Å². The summed E-state index contributed by atoms with van der Waals surface area (Å²) in [5.41, 5.74) is 22.2. The first-order valence-corrected chi connectivity index (χ1v) is 20.7. The Morgan fingerprint density at radius 3 is 2.21 bits per heavy atom. The summed E-state index contributed by atoms with van der Waals surface area (Å²) in [4.78, 5) is 80.1. The Bertz CT molecular complexity index is 2330. The lowest BCUT2D eigenvalue weighted by molar-refractivity contribution is -0.141. The average molecular weight is 862 g/mol. The van der Waals surface area contributed by atoms with Crippen molar-refractivity contribution >= 4 is 29.5 Å². The van der Waals surface area contributed by atoms with Gasteiger partial charge in [0.1, 0.15) is 55.4 Å². The number of fused-ring (bicyclic) bond motifs is 5. The van der Waals surface area contributed by atoms with Crippen LogP contribution in [0.15, 0.2) is 67.0 Å². The van der Waals surface area contributed by atoms with E-state index < -0.39 is 53.7 Å². The van der Waals surface area contributed by atoms with Gasteiger partial charge in [0.2, 0.25) is 23.6 Å². The molecule has 1 aromatic heterocycles. The van der Waals surface area contributed by atoms with Gasteiger partial charge >= 0.3 is 0 Å². The topological polar surface area (TPSA) is 283 Å². The molecule has 0 spiro atoms. The van der Waals surface area contributed by atoms with E-state index in [1.54, 1.807) is 73.9 Å². The highest BCUT2D eigenvalue weighted by Gasteiger charge is 2.36. The second-order valence-corrected chi connectivity index (χ2v) is 15.0. The molecular weight excluding hydrogens is 807 g/mol. The second kappa shape index (κ2) is 22.2. The maximum atomic E-state index is 14.6. The third-order valence-electron chi connectivity index (χ3n) is 10.5. The number of carbonyl (C=O) groups is 5. The lowest BCUT2D eigenvalue weighted by atomic mass is 9.93. The van der Waals surface area contributed by atoms with Gasteiger partial charge in [-0.1, -0.05) is 25.1 Å². The number of nitrogens with zero attached hydrogens (tertiary/aromatic N) is 4. The molecule has 0 radical (unpaired) electrons. The summed E-state index contributed by atoms with van der Waals surface area (Å²) in [7, 11) is 1.42. The van der Waals surface area contributed by atoms with Gasteiger partial charge in [0.15, 0.2) is 5.82 Å². The Hall–Kier alpha value is -6.94. The van der Waals surface area contributed by atoms with Gasteiger partial charge in [0.25, 0.3) is 5.91 Å². The van der Waals surface area contributed by atoms with Crippen molar-refractivity contribution in [1.29, 1.82) is 5.26 Å². The van der Waals surface area contributed by atoms with Crippen LogP contribution in [0.1, 0.15) is 58.9 Å². The zero-order valence-electron chi connectivity index (χ0n) is 35.9. The van der Waals surface area contributed by atoms with Crippen molar-refractivity contribution in [2.45, 2.75) is 64.2 Å². The molecule has 3 aromatic carbocycles. The number of nitrogens with one attached hydrogen (secondary N) is 4. The van der Waals surface area contributed by atoms with Crippen LogP contribution in [0.5, 0.6) is 11.5 Å². The SMILES string of the molecule is CCc1cnc(-c2ccc(C(=O)N[C@@H](CCN)C(=O)N(C)[C@@H]3C(=O)N[C@@H](C)C(=O)N[C@H](C(=O)NCC#N)Cc4ccc(OCCN)c(c4)-c4cc3ccc4OCCN)c(C)c2)nc1. The molecule has 0 aliphatic carbocycles. The molecule has 1 aliphatic heterocycles. The molecule has 0 saturated heterocycles. The molecule has 0 saturated carbocycles. The number of nitriles is 1. The molecule has 4 aromatic rings. The van der Waals surface area contributed by atoms with E-state index in [1.807, 2.05) is 13.0 Å². The molecule has 332 valence electrons. The first kappa shape index (κ1) is 47.1. The molecule has 0 fully saturated rings. The van der Waals surface area contributed by atoms with Gasteiger partial charge in [0.05, 0.1) is 6.07 Å². The third kappa shape index (κ3) is 11.7. The summed E-state index contributed by atoms with van der Waals surface area (Å²) in [6.45, 7) is 5.62. The number of amides is 5. The Balaban J connectivity index is 1.57. The monoisotopic (exact) mass is 861 g/mol. The first-order chi connectivity index (χ1) is 30.3. The van der Waals surface area contributed by atoms with E-state index in [-0.39, 0.29) is 52.2 Å². The number of likely N-dealkylation sites (N-methyl/N-ethyl adjacent to an activating group) is 1. The predicted molar refractivity (Wildman–Crippen MR) is 235 cm³/mol. The van der Waals surface area contributed by atoms with Crippen molar-refractivity contribution in [3.05, 3.63) is 94.8 Å². The molecule has 2 heterocycles. The van der Waals surface area contributed by atoms with Crippen molar-refractivity contribution in [1.82, 2.24) is 36.1 Å². The van der Waals surface area contributed by atoms with Crippen LogP contribution in [0.3, 0.4) is 0 Å². The smallest absolute Gasteiger partial charge is 0.252 e. The predicted octanol–water partition coefficient (Wildman–Crippen LogP) is 1.19. The van der Waals surface area contributed by atoms with Crippen LogP contribution in [0, 0.1) is 18.3 Å². The summed E-state index contributed by atoms with van der Waals surface area (Å²) < 4.78 is 12.2. The molecule has 5 rings (SSSR count). The number of carbonyl (C=O) groups excluding carboxylic acids is 5. The highest BCUT2D eigenvalue weighted by molar-refractivity contribution is 6.00. The molecule has 1 aliphatic rings. The highest BCUT2D eigenvalue weighted by Crippen LogP contribution is 2.40. The second-order valence-electron chi connectivity index (χ2n) is 15.0. The number of hydrogen-bond acceptors (Lipinski definition) is 13. The Kier molecular flexibility index (Phi) is 16.6. The van der Waals surface area contributed by atoms with E-state index in [0.29, 0.717) is 56.3 Å². The maximum absolute atomic E-state index is 14.6. The Labute approximate surface area is 366 Å². The van der Waals surface area contributed by atoms with Gasteiger partial charge < -0.3 is 52.8 Å². The first-order valence-electron chi connectivity index (χ1n) is 20.7. The fourth-order valence-electron chi connectivity index (χ4n) is 7.11. The fourth-order valence-corrected chi connectivity index (χ4v) is 7.11. The van der Waals surface area contributed by atoms with E-state index >= 15 is 0 Å². The standard InChI is InChI=1S/C45H55N11O7/c1-5-28-24-51-40(52-25-28)31-7-9-32(26(2)20-31)42(58)54-35(12-13-46)45(61)56(4)39-30-8-11-38(63-19-16-49)34(23-30)33-21-29(6-10-37(33)62-18-15-48)22-36(43(59)50-17-14-47)55-41(57)27(3)53-44(39)60/h6-11,20-21,23-25,27,35-36,39H,5,12-13,15-19,22,46,48-49H2,1-4H3,(H,50,59)(H,53,60)(H,54,58)(H,55,57)/t27-,35-,36-,39-/m0/s1. The van der Waals surface area contributed by atoms with Crippen LogP contribution < -0.4 is 47.9 Å². The van der Waals surface area contributed by atoms with E-state index in [1.165, 1.54) is 18.9 Å². The van der Waals surface area contributed by atoms with Crippen molar-refractivity contribution in [3.63, 3.8) is 0 Å². The zero-order valence-corrected chi connectivity index (χ0v) is 35.9. The van der Waals surface area contributed by atoms with Crippen LogP contribution in [0.4, 0.5) is 0 Å². The van der Waals surface area contributed by atoms with Crippen LogP contribution in [-0.2, 0) is 32.0 Å². The quantitative estimate of drug-likeness (QED) is 0.0781. The summed E-state index contributed by atoms with van der Waals surface area (Å²) in [5, 5.41) is 19.9. The van der Waals surface area contributed by atoms with E-state index in [2.05, 4.69) is 31.2 Å². The molecule has 0 unspecified atom stereocenters. The molecule has 4 bridgehead atoms. The largest absolute Gasteiger partial charge is 0.492 e. The van der Waals surface area contributed by atoms with Gasteiger partial charge in [0, 0.05) is 61.2 Å². The van der Waals surface area contributed by atoms with E-state index in [0.717, 1.165) is 12.0 Å². The van der Waals surface area contributed by atoms with Crippen molar-refractivity contribution in [2.24, 2.45) is 17.2 Å². The Morgan fingerprint density at radius 1 is 0.921 bits per heavy atom. The van der Waals surface area contributed by atoms with Crippen LogP contribution >= 0.6 is 0 Å². The van der Waals surface area contributed by atoms with Crippen molar-refractivity contribution < 1.29 is 33.4 Å². The molecule has 4 atom stereocenters. The van der Waals surface area contributed by atoms with E-state index in [9.17, 15) is 24.0 Å². The number of rotatable bonds is 16. The number of benzene rings is 3. The summed E-state index contributed by atoms with van der Waals surface area (Å²) >= 11 is 0. The third-order valence-corrected chi connectivity index (χ3v) is 10.5. The maximum Gasteiger partial charge on any atom is 0.252 e. The minimum atomic E-state index is -1.39. The fraction of sp³-hybridized carbons (Fsp3) is 0.378. The molecule has 5 amide bonds. The summed E-state index contributed by atoms with van der Waals surface area (Å²) in [6.07, 6.45) is 4.34. The average Bonchev–Trinajstić information content (AvgIpc) is 3.28. The van der Waals surface area contributed by atoms with Crippen molar-refractivity contribution in [2.75, 3.05) is 46.4 Å². The number of hydrogen-bond donors (Lipinski definition) is 7. The van der Waals surface area contributed by atoms with Gasteiger partial charge in [-0.25, -0.2) is 9.97 Å². The molecule has 18 heteroatoms. The number of aryl methyl sites for hydroxylation is 2. The van der Waals surface area contributed by atoms with Crippen molar-refractivity contribution in [3.8, 4) is 40.1 Å². The number of ether oxygens (including phenoxy) is 2. The molecular formula is C45H55N11O7. The minimum absolute atomic E-state index is 0.00551. The van der Waals surface area contributed by atoms with Gasteiger partial charge in [-0.05, 0) is 91.9 Å². The number of nitrogens with two attached hydrogens (primary N) is 3. The van der Waals surface area contributed by atoms with Crippen LogP contribution in [0.2, 0.25) is 0 Å². The molecule has 18 nitrogen and oxygen atoms in total. The summed E-state index contributed by atoms with van der Waals surface area (Å²) in [6, 6.07) is 12.3. The van der Waals surface area contributed by atoms with Crippen LogP contribution in [-0.4, -0.2) is 109 Å². The highest BCUT2D eigenvalue weighted by atomic mass is 16.5. The van der Waals surface area contributed by atoms with Gasteiger partial charge in [-0.2, -0.15) is 5.26 Å². The normalized spacial score (nSPS) is 16.6. The Morgan fingerprint density at radius 2 is 1.59 bits per heavy atom. The summed E-state index contributed by atoms with van der Waals surface area (Å²) in [5.74, 6) is -1.96. The van der Waals surface area contributed by atoms with Gasteiger partial charge in [-0.15, -0.1) is 0 Å². The molecule has 63 heavy (non-hydrogen) atoms. The van der Waals surface area contributed by atoms with Gasteiger partial charge in [-0.3, -0.25) is 24.0 Å². The lowest BCUT2D eigenvalue weighted by Gasteiger charge is -2.32. The number of aromatic nitrogens is 2. The minimum Gasteiger partial charge on any atom is -0.492 e.